The number of carbonyl (C=O) groups is 2. The third-order valence-electron chi connectivity index (χ3n) is 3.46. The molecule has 0 unspecified atom stereocenters. The van der Waals surface area contributed by atoms with Crippen LogP contribution in [-0.2, 0) is 4.79 Å². The summed E-state index contributed by atoms with van der Waals surface area (Å²) in [5.41, 5.74) is 0.808. The molecule has 3 heteroatoms. The monoisotopic (exact) mass is 245 g/mol. The number of piperidine rings is 1. The first-order valence-electron chi connectivity index (χ1n) is 6.48. The van der Waals surface area contributed by atoms with Gasteiger partial charge in [0.1, 0.15) is 5.78 Å². The molecule has 0 amide bonds. The molecule has 1 aliphatic heterocycles. The summed E-state index contributed by atoms with van der Waals surface area (Å²) < 4.78 is 0. The Hall–Kier alpha value is -1.48. The SMILES string of the molecule is CC(=O)CN1CCC(C(=O)c2ccccc2)CC1. The van der Waals surface area contributed by atoms with Crippen LogP contribution in [0.1, 0.15) is 30.1 Å². The van der Waals surface area contributed by atoms with E-state index < -0.39 is 0 Å². The molecule has 3 nitrogen and oxygen atoms in total. The molecule has 0 aromatic heterocycles. The Labute approximate surface area is 108 Å². The highest BCUT2D eigenvalue weighted by Crippen LogP contribution is 2.21. The van der Waals surface area contributed by atoms with Gasteiger partial charge in [-0.3, -0.25) is 14.5 Å². The number of Topliss-reactive ketones (excluding diaryl/α,β-unsaturated/α-hetero) is 2. The zero-order valence-electron chi connectivity index (χ0n) is 10.8. The molecule has 1 heterocycles. The first-order chi connectivity index (χ1) is 8.66. The minimum absolute atomic E-state index is 0.121. The van der Waals surface area contributed by atoms with Gasteiger partial charge in [-0.25, -0.2) is 0 Å². The van der Waals surface area contributed by atoms with Gasteiger partial charge in [-0.15, -0.1) is 0 Å². The molecular formula is C15H19NO2. The summed E-state index contributed by atoms with van der Waals surface area (Å²) in [6.07, 6.45) is 1.72. The molecule has 2 rings (SSSR count). The second-order valence-corrected chi connectivity index (χ2v) is 4.98. The molecule has 1 aliphatic rings. The summed E-state index contributed by atoms with van der Waals surface area (Å²) in [6, 6.07) is 9.48. The maximum absolute atomic E-state index is 12.2. The van der Waals surface area contributed by atoms with Crippen LogP contribution < -0.4 is 0 Å². The smallest absolute Gasteiger partial charge is 0.166 e. The van der Waals surface area contributed by atoms with Crippen LogP contribution in [0.15, 0.2) is 30.3 Å². The highest BCUT2D eigenvalue weighted by Gasteiger charge is 2.25. The number of benzene rings is 1. The van der Waals surface area contributed by atoms with E-state index in [1.54, 1.807) is 6.92 Å². The second kappa shape index (κ2) is 5.91. The largest absolute Gasteiger partial charge is 0.299 e. The highest BCUT2D eigenvalue weighted by molar-refractivity contribution is 5.97. The number of hydrogen-bond donors (Lipinski definition) is 0. The Morgan fingerprint density at radius 1 is 1.17 bits per heavy atom. The van der Waals surface area contributed by atoms with Gasteiger partial charge in [-0.1, -0.05) is 30.3 Å². The molecule has 18 heavy (non-hydrogen) atoms. The van der Waals surface area contributed by atoms with E-state index in [0.29, 0.717) is 6.54 Å². The summed E-state index contributed by atoms with van der Waals surface area (Å²) in [7, 11) is 0. The van der Waals surface area contributed by atoms with Gasteiger partial charge in [-0.05, 0) is 32.9 Å². The molecule has 96 valence electrons. The summed E-state index contributed by atoms with van der Waals surface area (Å²) >= 11 is 0. The Kier molecular flexibility index (Phi) is 4.26. The molecule has 0 saturated carbocycles. The number of ketones is 2. The maximum atomic E-state index is 12.2. The van der Waals surface area contributed by atoms with E-state index in [-0.39, 0.29) is 17.5 Å². The predicted octanol–water partition coefficient (Wildman–Crippen LogP) is 2.17. The predicted molar refractivity (Wildman–Crippen MR) is 70.6 cm³/mol. The van der Waals surface area contributed by atoms with Crippen molar-refractivity contribution in [2.24, 2.45) is 5.92 Å². The van der Waals surface area contributed by atoms with Gasteiger partial charge < -0.3 is 0 Å². The van der Waals surface area contributed by atoms with Crippen molar-refractivity contribution in [2.75, 3.05) is 19.6 Å². The number of hydrogen-bond acceptors (Lipinski definition) is 3. The topological polar surface area (TPSA) is 37.4 Å². The van der Waals surface area contributed by atoms with E-state index in [2.05, 4.69) is 4.90 Å². The molecule has 1 aromatic rings. The van der Waals surface area contributed by atoms with Gasteiger partial charge in [-0.2, -0.15) is 0 Å². The number of carbonyl (C=O) groups excluding carboxylic acids is 2. The number of nitrogens with zero attached hydrogens (tertiary/aromatic N) is 1. The average molecular weight is 245 g/mol. The Bertz CT molecular complexity index is 419. The molecule has 0 aliphatic carbocycles. The van der Waals surface area contributed by atoms with Crippen molar-refractivity contribution < 1.29 is 9.59 Å². The molecule has 1 fully saturated rings. The minimum Gasteiger partial charge on any atom is -0.299 e. The van der Waals surface area contributed by atoms with Crippen molar-refractivity contribution in [3.05, 3.63) is 35.9 Å². The van der Waals surface area contributed by atoms with Gasteiger partial charge in [0.2, 0.25) is 0 Å². The van der Waals surface area contributed by atoms with Crippen LogP contribution in [0.4, 0.5) is 0 Å². The molecule has 0 spiro atoms. The molecule has 0 radical (unpaired) electrons. The van der Waals surface area contributed by atoms with Crippen molar-refractivity contribution in [1.82, 2.24) is 4.90 Å². The lowest BCUT2D eigenvalue weighted by atomic mass is 9.89. The van der Waals surface area contributed by atoms with Crippen LogP contribution in [0.3, 0.4) is 0 Å². The molecular weight excluding hydrogens is 226 g/mol. The van der Waals surface area contributed by atoms with Gasteiger partial charge in [0.05, 0.1) is 6.54 Å². The lowest BCUT2D eigenvalue weighted by molar-refractivity contribution is -0.118. The standard InChI is InChI=1S/C15H19NO2/c1-12(17)11-16-9-7-14(8-10-16)15(18)13-5-3-2-4-6-13/h2-6,14H,7-11H2,1H3. The third-order valence-corrected chi connectivity index (χ3v) is 3.46. The van der Waals surface area contributed by atoms with E-state index in [9.17, 15) is 9.59 Å². The fourth-order valence-corrected chi connectivity index (χ4v) is 2.51. The van der Waals surface area contributed by atoms with Gasteiger partial charge in [0.25, 0.3) is 0 Å². The van der Waals surface area contributed by atoms with Crippen molar-refractivity contribution in [3.8, 4) is 0 Å². The summed E-state index contributed by atoms with van der Waals surface area (Å²) in [4.78, 5) is 25.4. The molecule has 1 saturated heterocycles. The molecule has 0 atom stereocenters. The normalized spacial score (nSPS) is 17.6. The minimum atomic E-state index is 0.121. The highest BCUT2D eigenvalue weighted by atomic mass is 16.1. The Morgan fingerprint density at radius 3 is 2.33 bits per heavy atom. The van der Waals surface area contributed by atoms with Gasteiger partial charge in [0, 0.05) is 11.5 Å². The summed E-state index contributed by atoms with van der Waals surface area (Å²) in [6.45, 7) is 3.83. The summed E-state index contributed by atoms with van der Waals surface area (Å²) in [5, 5.41) is 0. The fraction of sp³-hybridized carbons (Fsp3) is 0.467. The van der Waals surface area contributed by atoms with E-state index in [4.69, 9.17) is 0 Å². The molecule has 1 aromatic carbocycles. The van der Waals surface area contributed by atoms with E-state index in [1.807, 2.05) is 30.3 Å². The first-order valence-corrected chi connectivity index (χ1v) is 6.48. The second-order valence-electron chi connectivity index (χ2n) is 4.98. The lowest BCUT2D eigenvalue weighted by Gasteiger charge is -2.30. The van der Waals surface area contributed by atoms with Crippen molar-refractivity contribution >= 4 is 11.6 Å². The zero-order chi connectivity index (χ0) is 13.0. The zero-order valence-corrected chi connectivity index (χ0v) is 10.8. The summed E-state index contributed by atoms with van der Waals surface area (Å²) in [5.74, 6) is 0.566. The van der Waals surface area contributed by atoms with E-state index in [1.165, 1.54) is 0 Å². The quantitative estimate of drug-likeness (QED) is 0.763. The van der Waals surface area contributed by atoms with Crippen LogP contribution in [-0.4, -0.2) is 36.1 Å². The maximum Gasteiger partial charge on any atom is 0.166 e. The van der Waals surface area contributed by atoms with Gasteiger partial charge >= 0.3 is 0 Å². The Balaban J connectivity index is 1.90. The fourth-order valence-electron chi connectivity index (χ4n) is 2.51. The van der Waals surface area contributed by atoms with Gasteiger partial charge in [0.15, 0.2) is 5.78 Å². The van der Waals surface area contributed by atoms with Crippen molar-refractivity contribution in [2.45, 2.75) is 19.8 Å². The van der Waals surface area contributed by atoms with E-state index >= 15 is 0 Å². The molecule has 0 bridgehead atoms. The third kappa shape index (κ3) is 3.26. The van der Waals surface area contributed by atoms with Crippen LogP contribution in [0, 0.1) is 5.92 Å². The first kappa shape index (κ1) is 13.0. The van der Waals surface area contributed by atoms with Crippen LogP contribution in [0.25, 0.3) is 0 Å². The molecule has 0 N–H and O–H groups in total. The average Bonchev–Trinajstić information content (AvgIpc) is 2.39. The van der Waals surface area contributed by atoms with Crippen LogP contribution >= 0.6 is 0 Å². The Morgan fingerprint density at radius 2 is 1.78 bits per heavy atom. The number of rotatable bonds is 4. The lowest BCUT2D eigenvalue weighted by Crippen LogP contribution is -2.38. The van der Waals surface area contributed by atoms with Crippen LogP contribution in [0.5, 0.6) is 0 Å². The van der Waals surface area contributed by atoms with Crippen LogP contribution in [0.2, 0.25) is 0 Å². The van der Waals surface area contributed by atoms with Crippen molar-refractivity contribution in [1.29, 1.82) is 0 Å². The number of likely N-dealkylation sites (tertiary alicyclic amines) is 1. The van der Waals surface area contributed by atoms with E-state index in [0.717, 1.165) is 31.5 Å². The van der Waals surface area contributed by atoms with Crippen molar-refractivity contribution in [3.63, 3.8) is 0 Å².